The van der Waals surface area contributed by atoms with Crippen LogP contribution in [0.3, 0.4) is 0 Å². The highest BCUT2D eigenvalue weighted by Crippen LogP contribution is 2.17. The van der Waals surface area contributed by atoms with Gasteiger partial charge in [0, 0.05) is 12.1 Å². The zero-order valence-electron chi connectivity index (χ0n) is 8.32. The van der Waals surface area contributed by atoms with E-state index in [1.807, 2.05) is 13.8 Å². The predicted octanol–water partition coefficient (Wildman–Crippen LogP) is 0.653. The molecule has 70 valence electrons. The molecule has 1 heterocycles. The third-order valence-corrected chi connectivity index (χ3v) is 2.25. The molecular weight excluding hydrogens is 152 g/mol. The van der Waals surface area contributed by atoms with Gasteiger partial charge in [0.2, 0.25) is 5.91 Å². The molecule has 0 aliphatic carbocycles. The lowest BCUT2D eigenvalue weighted by atomic mass is 9.96. The van der Waals surface area contributed by atoms with Crippen LogP contribution < -0.4 is 10.6 Å². The second-order valence-corrected chi connectivity index (χ2v) is 4.64. The minimum atomic E-state index is -0.444. The fourth-order valence-corrected chi connectivity index (χ4v) is 1.67. The normalized spacial score (nSPS) is 27.5. The Morgan fingerprint density at radius 3 is 2.42 bits per heavy atom. The largest absolute Gasteiger partial charge is 0.354 e. The first-order chi connectivity index (χ1) is 5.33. The van der Waals surface area contributed by atoms with E-state index in [0.29, 0.717) is 0 Å². The highest BCUT2D eigenvalue weighted by Gasteiger charge is 2.35. The van der Waals surface area contributed by atoms with Gasteiger partial charge in [0.15, 0.2) is 0 Å². The predicted molar refractivity (Wildman–Crippen MR) is 48.9 cm³/mol. The van der Waals surface area contributed by atoms with Gasteiger partial charge in [0.05, 0.1) is 5.54 Å². The molecule has 0 radical (unpaired) electrons. The van der Waals surface area contributed by atoms with Crippen molar-refractivity contribution in [1.29, 1.82) is 0 Å². The van der Waals surface area contributed by atoms with E-state index in [2.05, 4.69) is 24.5 Å². The molecule has 0 aromatic heterocycles. The molecule has 3 nitrogen and oxygen atoms in total. The number of amides is 1. The summed E-state index contributed by atoms with van der Waals surface area (Å²) in [5.74, 6) is 0.0908. The average Bonchev–Trinajstić information content (AvgIpc) is 1.90. The Morgan fingerprint density at radius 2 is 1.83 bits per heavy atom. The zero-order valence-corrected chi connectivity index (χ0v) is 8.32. The fourth-order valence-electron chi connectivity index (χ4n) is 1.67. The van der Waals surface area contributed by atoms with Crippen molar-refractivity contribution in [1.82, 2.24) is 10.6 Å². The SMILES string of the molecule is CC1(C)CCNC(=O)C(C)(C)N1. The highest BCUT2D eigenvalue weighted by molar-refractivity contribution is 5.85. The minimum Gasteiger partial charge on any atom is -0.354 e. The van der Waals surface area contributed by atoms with E-state index in [4.69, 9.17) is 0 Å². The molecule has 3 heteroatoms. The number of nitrogens with one attached hydrogen (secondary N) is 2. The molecule has 0 atom stereocenters. The molecule has 1 aliphatic rings. The van der Waals surface area contributed by atoms with E-state index < -0.39 is 5.54 Å². The molecule has 0 aromatic rings. The van der Waals surface area contributed by atoms with Crippen LogP contribution in [0.4, 0.5) is 0 Å². The van der Waals surface area contributed by atoms with E-state index in [-0.39, 0.29) is 11.4 Å². The summed E-state index contributed by atoms with van der Waals surface area (Å²) in [5, 5.41) is 6.22. The quantitative estimate of drug-likeness (QED) is 0.560. The number of carbonyl (C=O) groups is 1. The van der Waals surface area contributed by atoms with E-state index in [1.165, 1.54) is 0 Å². The summed E-state index contributed by atoms with van der Waals surface area (Å²) in [6, 6.07) is 0. The molecule has 0 spiro atoms. The molecule has 1 aliphatic heterocycles. The van der Waals surface area contributed by atoms with Gasteiger partial charge >= 0.3 is 0 Å². The minimum absolute atomic E-state index is 0.0443. The van der Waals surface area contributed by atoms with Crippen LogP contribution in [-0.2, 0) is 4.79 Å². The molecule has 1 rings (SSSR count). The summed E-state index contributed by atoms with van der Waals surface area (Å²) in [5.41, 5.74) is -0.400. The summed E-state index contributed by atoms with van der Waals surface area (Å²) < 4.78 is 0. The number of hydrogen-bond acceptors (Lipinski definition) is 2. The van der Waals surface area contributed by atoms with Crippen molar-refractivity contribution >= 4 is 5.91 Å². The molecule has 0 aromatic carbocycles. The Morgan fingerprint density at radius 1 is 1.25 bits per heavy atom. The first kappa shape index (κ1) is 9.52. The van der Waals surface area contributed by atoms with Gasteiger partial charge < -0.3 is 5.32 Å². The maximum absolute atomic E-state index is 11.4. The van der Waals surface area contributed by atoms with Crippen molar-refractivity contribution in [3.63, 3.8) is 0 Å². The maximum Gasteiger partial charge on any atom is 0.239 e. The van der Waals surface area contributed by atoms with E-state index in [1.54, 1.807) is 0 Å². The standard InChI is InChI=1S/C9H18N2O/c1-8(2)5-6-10-7(12)9(3,4)11-8/h11H,5-6H2,1-4H3,(H,10,12). The van der Waals surface area contributed by atoms with Gasteiger partial charge in [-0.05, 0) is 34.1 Å². The van der Waals surface area contributed by atoms with Crippen molar-refractivity contribution in [3.05, 3.63) is 0 Å². The number of carbonyl (C=O) groups excluding carboxylic acids is 1. The maximum atomic E-state index is 11.4. The van der Waals surface area contributed by atoms with Crippen LogP contribution in [0, 0.1) is 0 Å². The van der Waals surface area contributed by atoms with Crippen molar-refractivity contribution in [2.24, 2.45) is 0 Å². The third kappa shape index (κ3) is 1.97. The van der Waals surface area contributed by atoms with Crippen LogP contribution in [0.5, 0.6) is 0 Å². The first-order valence-electron chi connectivity index (χ1n) is 4.41. The van der Waals surface area contributed by atoms with Crippen LogP contribution in [0.25, 0.3) is 0 Å². The van der Waals surface area contributed by atoms with Crippen molar-refractivity contribution in [2.75, 3.05) is 6.54 Å². The Balaban J connectivity index is 2.80. The smallest absolute Gasteiger partial charge is 0.239 e. The van der Waals surface area contributed by atoms with Gasteiger partial charge in [-0.1, -0.05) is 0 Å². The fraction of sp³-hybridized carbons (Fsp3) is 0.889. The zero-order chi connectivity index (χ0) is 9.41. The number of hydrogen-bond donors (Lipinski definition) is 2. The lowest BCUT2D eigenvalue weighted by Gasteiger charge is -2.32. The summed E-state index contributed by atoms with van der Waals surface area (Å²) in [7, 11) is 0. The van der Waals surface area contributed by atoms with Gasteiger partial charge in [-0.25, -0.2) is 0 Å². The Hall–Kier alpha value is -0.570. The Kier molecular flexibility index (Phi) is 2.17. The molecule has 12 heavy (non-hydrogen) atoms. The molecule has 1 saturated heterocycles. The molecule has 1 fully saturated rings. The molecule has 1 amide bonds. The van der Waals surface area contributed by atoms with Crippen molar-refractivity contribution < 1.29 is 4.79 Å². The first-order valence-corrected chi connectivity index (χ1v) is 4.41. The third-order valence-electron chi connectivity index (χ3n) is 2.25. The molecular formula is C9H18N2O. The summed E-state index contributed by atoms with van der Waals surface area (Å²) in [4.78, 5) is 11.4. The Labute approximate surface area is 73.9 Å². The molecule has 0 unspecified atom stereocenters. The van der Waals surface area contributed by atoms with Crippen LogP contribution in [-0.4, -0.2) is 23.5 Å². The van der Waals surface area contributed by atoms with Crippen LogP contribution >= 0.6 is 0 Å². The molecule has 0 saturated carbocycles. The van der Waals surface area contributed by atoms with Gasteiger partial charge in [-0.2, -0.15) is 0 Å². The highest BCUT2D eigenvalue weighted by atomic mass is 16.2. The summed E-state index contributed by atoms with van der Waals surface area (Å²) in [6.07, 6.45) is 0.974. The topological polar surface area (TPSA) is 41.1 Å². The van der Waals surface area contributed by atoms with Crippen molar-refractivity contribution in [3.8, 4) is 0 Å². The average molecular weight is 170 g/mol. The molecule has 2 N–H and O–H groups in total. The van der Waals surface area contributed by atoms with E-state index >= 15 is 0 Å². The monoisotopic (exact) mass is 170 g/mol. The van der Waals surface area contributed by atoms with Crippen LogP contribution in [0.1, 0.15) is 34.1 Å². The van der Waals surface area contributed by atoms with Crippen LogP contribution in [0.15, 0.2) is 0 Å². The second kappa shape index (κ2) is 2.73. The van der Waals surface area contributed by atoms with Gasteiger partial charge in [-0.3, -0.25) is 10.1 Å². The lowest BCUT2D eigenvalue weighted by molar-refractivity contribution is -0.126. The second-order valence-electron chi connectivity index (χ2n) is 4.64. The van der Waals surface area contributed by atoms with E-state index in [9.17, 15) is 4.79 Å². The Bertz CT molecular complexity index is 197. The van der Waals surface area contributed by atoms with Gasteiger partial charge in [-0.15, -0.1) is 0 Å². The van der Waals surface area contributed by atoms with Gasteiger partial charge in [0.25, 0.3) is 0 Å². The van der Waals surface area contributed by atoms with Crippen LogP contribution in [0.2, 0.25) is 0 Å². The molecule has 0 bridgehead atoms. The lowest BCUT2D eigenvalue weighted by Crippen LogP contribution is -2.56. The van der Waals surface area contributed by atoms with Crippen molar-refractivity contribution in [2.45, 2.75) is 45.2 Å². The van der Waals surface area contributed by atoms with E-state index in [0.717, 1.165) is 13.0 Å². The summed E-state index contributed by atoms with van der Waals surface area (Å²) in [6.45, 7) is 8.83. The van der Waals surface area contributed by atoms with Gasteiger partial charge in [0.1, 0.15) is 0 Å². The number of rotatable bonds is 0. The summed E-state index contributed by atoms with van der Waals surface area (Å²) >= 11 is 0.